The lowest BCUT2D eigenvalue weighted by atomic mass is 10.0. The van der Waals surface area contributed by atoms with Gasteiger partial charge in [0.05, 0.1) is 0 Å². The monoisotopic (exact) mass is 241 g/mol. The molecule has 0 aromatic rings. The second-order valence-electron chi connectivity index (χ2n) is 5.50. The number of rotatable bonds is 4. The lowest BCUT2D eigenvalue weighted by Crippen LogP contribution is -2.52. The molecule has 1 rings (SSSR count). The van der Waals surface area contributed by atoms with Crippen LogP contribution < -0.4 is 10.6 Å². The maximum absolute atomic E-state index is 12.1. The Morgan fingerprint density at radius 2 is 2.06 bits per heavy atom. The quantitative estimate of drug-likeness (QED) is 0.790. The third-order valence-corrected chi connectivity index (χ3v) is 3.13. The standard InChI is InChI=1S/C13H27N3O/c1-10(2)15-13(17)16(11(3)4)9-12-7-5-6-8-14-12/h10-12,14H,5-9H2,1-4H3,(H,15,17). The first-order valence-corrected chi connectivity index (χ1v) is 6.81. The minimum atomic E-state index is 0.0578. The van der Waals surface area contributed by atoms with E-state index in [0.29, 0.717) is 6.04 Å². The Kier molecular flexibility index (Phi) is 5.75. The van der Waals surface area contributed by atoms with Crippen LogP contribution >= 0.6 is 0 Å². The summed E-state index contributed by atoms with van der Waals surface area (Å²) in [6.07, 6.45) is 3.71. The number of amides is 2. The molecule has 17 heavy (non-hydrogen) atoms. The number of hydrogen-bond donors (Lipinski definition) is 2. The van der Waals surface area contributed by atoms with Gasteiger partial charge in [-0.3, -0.25) is 0 Å². The topological polar surface area (TPSA) is 44.4 Å². The van der Waals surface area contributed by atoms with E-state index in [1.807, 2.05) is 18.7 Å². The van der Waals surface area contributed by atoms with Crippen LogP contribution in [0.2, 0.25) is 0 Å². The zero-order chi connectivity index (χ0) is 12.8. The van der Waals surface area contributed by atoms with Crippen molar-refractivity contribution in [3.8, 4) is 0 Å². The van der Waals surface area contributed by atoms with Gasteiger partial charge in [0.15, 0.2) is 0 Å². The molecule has 1 unspecified atom stereocenters. The molecule has 1 saturated heterocycles. The molecule has 0 spiro atoms. The molecule has 1 aliphatic rings. The van der Waals surface area contributed by atoms with Crippen LogP contribution in [0.5, 0.6) is 0 Å². The number of nitrogens with one attached hydrogen (secondary N) is 2. The van der Waals surface area contributed by atoms with Gasteiger partial charge in [0.2, 0.25) is 0 Å². The molecule has 4 nitrogen and oxygen atoms in total. The molecule has 1 heterocycles. The summed E-state index contributed by atoms with van der Waals surface area (Å²) in [7, 11) is 0. The first-order valence-electron chi connectivity index (χ1n) is 6.81. The molecule has 0 aliphatic carbocycles. The third-order valence-electron chi connectivity index (χ3n) is 3.13. The predicted octanol–water partition coefficient (Wildman–Crippen LogP) is 1.96. The maximum Gasteiger partial charge on any atom is 0.317 e. The van der Waals surface area contributed by atoms with Crippen LogP contribution in [0.4, 0.5) is 4.79 Å². The zero-order valence-corrected chi connectivity index (χ0v) is 11.6. The van der Waals surface area contributed by atoms with Crippen molar-refractivity contribution in [1.82, 2.24) is 15.5 Å². The molecular weight excluding hydrogens is 214 g/mol. The summed E-state index contributed by atoms with van der Waals surface area (Å²) in [4.78, 5) is 14.0. The number of hydrogen-bond acceptors (Lipinski definition) is 2. The minimum Gasteiger partial charge on any atom is -0.336 e. The summed E-state index contributed by atoms with van der Waals surface area (Å²) in [5.74, 6) is 0. The van der Waals surface area contributed by atoms with Crippen molar-refractivity contribution in [2.45, 2.75) is 65.1 Å². The molecule has 2 amide bonds. The first-order chi connectivity index (χ1) is 8.00. The smallest absolute Gasteiger partial charge is 0.317 e. The number of nitrogens with zero attached hydrogens (tertiary/aromatic N) is 1. The van der Waals surface area contributed by atoms with E-state index >= 15 is 0 Å². The summed E-state index contributed by atoms with van der Waals surface area (Å²) in [6, 6.07) is 0.965. The van der Waals surface area contributed by atoms with E-state index in [4.69, 9.17) is 0 Å². The van der Waals surface area contributed by atoms with E-state index < -0.39 is 0 Å². The van der Waals surface area contributed by atoms with Crippen molar-refractivity contribution < 1.29 is 4.79 Å². The van der Waals surface area contributed by atoms with Crippen LogP contribution in [-0.2, 0) is 0 Å². The average Bonchev–Trinajstić information content (AvgIpc) is 2.25. The number of carbonyl (C=O) groups excluding carboxylic acids is 1. The van der Waals surface area contributed by atoms with Gasteiger partial charge in [0, 0.05) is 24.7 Å². The Balaban J connectivity index is 2.49. The summed E-state index contributed by atoms with van der Waals surface area (Å²) in [5, 5.41) is 6.46. The molecule has 0 bridgehead atoms. The summed E-state index contributed by atoms with van der Waals surface area (Å²) in [6.45, 7) is 10.0. The van der Waals surface area contributed by atoms with Crippen LogP contribution in [0.15, 0.2) is 0 Å². The molecule has 4 heteroatoms. The third kappa shape index (κ3) is 4.94. The Morgan fingerprint density at radius 3 is 2.53 bits per heavy atom. The van der Waals surface area contributed by atoms with Gasteiger partial charge in [-0.2, -0.15) is 0 Å². The van der Waals surface area contributed by atoms with Gasteiger partial charge in [-0.25, -0.2) is 4.79 Å². The highest BCUT2D eigenvalue weighted by molar-refractivity contribution is 5.74. The van der Waals surface area contributed by atoms with Crippen LogP contribution in [0.1, 0.15) is 47.0 Å². The largest absolute Gasteiger partial charge is 0.336 e. The Morgan fingerprint density at radius 1 is 1.35 bits per heavy atom. The molecule has 1 aliphatic heterocycles. The van der Waals surface area contributed by atoms with E-state index in [2.05, 4.69) is 24.5 Å². The van der Waals surface area contributed by atoms with Crippen LogP contribution in [0.3, 0.4) is 0 Å². The van der Waals surface area contributed by atoms with Crippen LogP contribution in [0, 0.1) is 0 Å². The van der Waals surface area contributed by atoms with E-state index in [9.17, 15) is 4.79 Å². The molecule has 0 radical (unpaired) electrons. The molecule has 1 fully saturated rings. The van der Waals surface area contributed by atoms with Crippen molar-refractivity contribution in [2.75, 3.05) is 13.1 Å². The number of carbonyl (C=O) groups is 1. The van der Waals surface area contributed by atoms with E-state index in [1.165, 1.54) is 19.3 Å². The van der Waals surface area contributed by atoms with Gasteiger partial charge in [-0.15, -0.1) is 0 Å². The van der Waals surface area contributed by atoms with Gasteiger partial charge < -0.3 is 15.5 Å². The fourth-order valence-electron chi connectivity index (χ4n) is 2.18. The van der Waals surface area contributed by atoms with Crippen LogP contribution in [-0.4, -0.2) is 42.1 Å². The van der Waals surface area contributed by atoms with Crippen molar-refractivity contribution in [1.29, 1.82) is 0 Å². The molecule has 1 atom stereocenters. The Hall–Kier alpha value is -0.770. The van der Waals surface area contributed by atoms with Gasteiger partial charge >= 0.3 is 6.03 Å². The zero-order valence-electron chi connectivity index (χ0n) is 11.6. The van der Waals surface area contributed by atoms with E-state index in [-0.39, 0.29) is 18.1 Å². The summed E-state index contributed by atoms with van der Waals surface area (Å²) >= 11 is 0. The maximum atomic E-state index is 12.1. The summed E-state index contributed by atoms with van der Waals surface area (Å²) in [5.41, 5.74) is 0. The van der Waals surface area contributed by atoms with Crippen molar-refractivity contribution in [2.24, 2.45) is 0 Å². The Labute approximate surface area is 105 Å². The highest BCUT2D eigenvalue weighted by Gasteiger charge is 2.22. The number of piperidine rings is 1. The Bertz CT molecular complexity index is 235. The van der Waals surface area contributed by atoms with Crippen LogP contribution in [0.25, 0.3) is 0 Å². The van der Waals surface area contributed by atoms with Gasteiger partial charge in [-0.05, 0) is 47.1 Å². The second kappa shape index (κ2) is 6.84. The highest BCUT2D eigenvalue weighted by Crippen LogP contribution is 2.10. The fourth-order valence-corrected chi connectivity index (χ4v) is 2.18. The molecule has 0 saturated carbocycles. The SMILES string of the molecule is CC(C)NC(=O)N(CC1CCCCN1)C(C)C. The van der Waals surface area contributed by atoms with Gasteiger partial charge in [-0.1, -0.05) is 6.42 Å². The molecule has 100 valence electrons. The second-order valence-corrected chi connectivity index (χ2v) is 5.50. The van der Waals surface area contributed by atoms with Crippen molar-refractivity contribution in [3.05, 3.63) is 0 Å². The average molecular weight is 241 g/mol. The van der Waals surface area contributed by atoms with Crippen molar-refractivity contribution in [3.63, 3.8) is 0 Å². The molecule has 2 N–H and O–H groups in total. The molecule has 0 aromatic carbocycles. The first kappa shape index (κ1) is 14.3. The van der Waals surface area contributed by atoms with E-state index in [1.54, 1.807) is 0 Å². The van der Waals surface area contributed by atoms with Gasteiger partial charge in [0.1, 0.15) is 0 Å². The van der Waals surface area contributed by atoms with Gasteiger partial charge in [0.25, 0.3) is 0 Å². The highest BCUT2D eigenvalue weighted by atomic mass is 16.2. The lowest BCUT2D eigenvalue weighted by molar-refractivity contribution is 0.168. The number of urea groups is 1. The predicted molar refractivity (Wildman–Crippen MR) is 71.2 cm³/mol. The fraction of sp³-hybridized carbons (Fsp3) is 0.923. The summed E-state index contributed by atoms with van der Waals surface area (Å²) < 4.78 is 0. The normalized spacial score (nSPS) is 20.7. The minimum absolute atomic E-state index is 0.0578. The molecular formula is C13H27N3O. The molecule has 0 aromatic heterocycles. The van der Waals surface area contributed by atoms with E-state index in [0.717, 1.165) is 13.1 Å². The van der Waals surface area contributed by atoms with Crippen molar-refractivity contribution >= 4 is 6.03 Å². The lowest BCUT2D eigenvalue weighted by Gasteiger charge is -2.33.